The summed E-state index contributed by atoms with van der Waals surface area (Å²) >= 11 is 0. The van der Waals surface area contributed by atoms with Crippen LogP contribution in [-0.2, 0) is 14.5 Å². The Hall–Kier alpha value is 0.130. The minimum atomic E-state index is -0.292. The summed E-state index contributed by atoms with van der Waals surface area (Å²) < 4.78 is 0. The first-order chi connectivity index (χ1) is 9.60. The molecule has 4 nitrogen and oxygen atoms in total. The highest BCUT2D eigenvalue weighted by atomic mass is 35.5. The van der Waals surface area contributed by atoms with Crippen molar-refractivity contribution in [2.75, 3.05) is 28.4 Å². The molecule has 0 aliphatic carbocycles. The van der Waals surface area contributed by atoms with E-state index in [1.165, 1.54) is 85.5 Å². The van der Waals surface area contributed by atoms with E-state index in [0.29, 0.717) is 0 Å². The minimum Gasteiger partial charge on any atom is -1.00 e. The van der Waals surface area contributed by atoms with Crippen LogP contribution in [-0.4, -0.2) is 33.4 Å². The van der Waals surface area contributed by atoms with Crippen LogP contribution in [0, 0.1) is 0 Å². The zero-order valence-electron chi connectivity index (χ0n) is 15.1. The van der Waals surface area contributed by atoms with Crippen LogP contribution in [0.3, 0.4) is 0 Å². The van der Waals surface area contributed by atoms with Crippen LogP contribution in [0.1, 0.15) is 78.1 Å². The van der Waals surface area contributed by atoms with Gasteiger partial charge in [0.15, 0.2) is 7.05 Å². The molecule has 0 heterocycles. The highest BCUT2D eigenvalue weighted by Crippen LogP contribution is 2.09. The lowest BCUT2D eigenvalue weighted by Gasteiger charge is -2.19. The fourth-order valence-electron chi connectivity index (χ4n) is 1.78. The van der Waals surface area contributed by atoms with Crippen LogP contribution >= 0.6 is 0 Å². The van der Waals surface area contributed by atoms with E-state index in [1.54, 1.807) is 7.05 Å². The zero-order valence-corrected chi connectivity index (χ0v) is 15.9. The number of quaternary nitrogens is 1. The second kappa shape index (κ2) is 20.1. The highest BCUT2D eigenvalue weighted by molar-refractivity contribution is 4.45. The van der Waals surface area contributed by atoms with Gasteiger partial charge >= 0.3 is 0 Å². The Labute approximate surface area is 139 Å². The summed E-state index contributed by atoms with van der Waals surface area (Å²) in [7, 11) is 6.10. The quantitative estimate of drug-likeness (QED) is 0.312. The van der Waals surface area contributed by atoms with Gasteiger partial charge in [-0.25, -0.2) is 0 Å². The van der Waals surface area contributed by atoms with Crippen LogP contribution in [0.25, 0.3) is 0 Å². The standard InChI is InChI=1S/C12H26.C4H12NO3.ClH/c1-3-5-7-9-11-12-10-8-6-4-2;1-5(6-2,7-3)8-4;/h3-12H2,1-2H3;1-4H3;1H/q;+1;/p-1. The molecule has 0 aliphatic rings. The number of hydrogen-bond donors (Lipinski definition) is 0. The van der Waals surface area contributed by atoms with Crippen LogP contribution in [0.15, 0.2) is 0 Å². The van der Waals surface area contributed by atoms with Crippen LogP contribution in [0.2, 0.25) is 0 Å². The van der Waals surface area contributed by atoms with Gasteiger partial charge in [0.05, 0.1) is 4.97 Å². The van der Waals surface area contributed by atoms with E-state index >= 15 is 0 Å². The molecule has 0 spiro atoms. The molecule has 0 radical (unpaired) electrons. The van der Waals surface area contributed by atoms with Crippen LogP contribution in [0.4, 0.5) is 0 Å². The predicted octanol–water partition coefficient (Wildman–Crippen LogP) is 2.05. The van der Waals surface area contributed by atoms with Crippen molar-refractivity contribution in [1.29, 1.82) is 0 Å². The molecule has 0 aromatic carbocycles. The van der Waals surface area contributed by atoms with Crippen molar-refractivity contribution in [3.8, 4) is 0 Å². The van der Waals surface area contributed by atoms with E-state index in [1.807, 2.05) is 0 Å². The summed E-state index contributed by atoms with van der Waals surface area (Å²) in [4.78, 5) is 13.9. The number of hydroxylamine groups is 3. The predicted molar refractivity (Wildman–Crippen MR) is 84.7 cm³/mol. The molecule has 0 saturated carbocycles. The van der Waals surface area contributed by atoms with Gasteiger partial charge in [-0.1, -0.05) is 78.1 Å². The van der Waals surface area contributed by atoms with Crippen molar-refractivity contribution in [3.05, 3.63) is 0 Å². The van der Waals surface area contributed by atoms with Crippen molar-refractivity contribution < 1.29 is 31.9 Å². The lowest BCUT2D eigenvalue weighted by atomic mass is 10.1. The first-order valence-electron chi connectivity index (χ1n) is 8.13. The third-order valence-corrected chi connectivity index (χ3v) is 3.45. The average molecular weight is 328 g/mol. The van der Waals surface area contributed by atoms with Gasteiger partial charge in [0.2, 0.25) is 0 Å². The summed E-state index contributed by atoms with van der Waals surface area (Å²) in [6, 6.07) is 0. The van der Waals surface area contributed by atoms with Crippen LogP contribution in [0.5, 0.6) is 0 Å². The molecule has 0 aromatic heterocycles. The number of halogens is 1. The molecule has 0 fully saturated rings. The summed E-state index contributed by atoms with van der Waals surface area (Å²) in [5, 5.41) is 0. The Balaban J connectivity index is -0.000000317. The number of rotatable bonds is 12. The van der Waals surface area contributed by atoms with E-state index in [0.717, 1.165) is 0 Å². The maximum absolute atomic E-state index is 4.73. The number of hydrogen-bond acceptors (Lipinski definition) is 3. The third kappa shape index (κ3) is 20.1. The van der Waals surface area contributed by atoms with Crippen molar-refractivity contribution >= 4 is 0 Å². The first-order valence-corrected chi connectivity index (χ1v) is 8.13. The van der Waals surface area contributed by atoms with Crippen LogP contribution < -0.4 is 12.4 Å². The molecule has 0 bridgehead atoms. The number of unbranched alkanes of at least 4 members (excludes halogenated alkanes) is 9. The van der Waals surface area contributed by atoms with Crippen molar-refractivity contribution in [2.45, 2.75) is 78.1 Å². The van der Waals surface area contributed by atoms with E-state index in [2.05, 4.69) is 13.8 Å². The Morgan fingerprint density at radius 1 is 0.571 bits per heavy atom. The molecular weight excluding hydrogens is 290 g/mol. The van der Waals surface area contributed by atoms with Gasteiger partial charge < -0.3 is 12.4 Å². The first kappa shape index (κ1) is 26.0. The van der Waals surface area contributed by atoms with Gasteiger partial charge in [-0.2, -0.15) is 0 Å². The smallest absolute Gasteiger partial charge is 0.168 e. The van der Waals surface area contributed by atoms with Gasteiger partial charge in [-0.3, -0.25) is 0 Å². The lowest BCUT2D eigenvalue weighted by Crippen LogP contribution is -3.00. The van der Waals surface area contributed by atoms with E-state index in [-0.39, 0.29) is 17.4 Å². The summed E-state index contributed by atoms with van der Waals surface area (Å²) in [6.45, 7) is 4.56. The van der Waals surface area contributed by atoms with E-state index in [4.69, 9.17) is 14.5 Å². The highest BCUT2D eigenvalue weighted by Gasteiger charge is 2.20. The molecule has 0 N–H and O–H groups in total. The molecule has 132 valence electrons. The van der Waals surface area contributed by atoms with E-state index in [9.17, 15) is 0 Å². The Bertz CT molecular complexity index is 161. The zero-order chi connectivity index (χ0) is 15.7. The van der Waals surface area contributed by atoms with E-state index < -0.39 is 0 Å². The Kier molecular flexibility index (Phi) is 25.0. The molecule has 21 heavy (non-hydrogen) atoms. The number of nitrogens with zero attached hydrogens (tertiary/aromatic N) is 1. The maximum Gasteiger partial charge on any atom is 0.168 e. The van der Waals surface area contributed by atoms with Gasteiger partial charge in [0.25, 0.3) is 0 Å². The molecule has 0 saturated heterocycles. The van der Waals surface area contributed by atoms with Gasteiger partial charge in [-0.15, -0.1) is 14.5 Å². The van der Waals surface area contributed by atoms with Crippen molar-refractivity contribution in [1.82, 2.24) is 0 Å². The fourth-order valence-corrected chi connectivity index (χ4v) is 1.78. The van der Waals surface area contributed by atoms with Crippen molar-refractivity contribution in [2.24, 2.45) is 0 Å². The lowest BCUT2D eigenvalue weighted by molar-refractivity contribution is -1.35. The maximum atomic E-state index is 4.73. The second-order valence-corrected chi connectivity index (χ2v) is 5.15. The second-order valence-electron chi connectivity index (χ2n) is 5.15. The summed E-state index contributed by atoms with van der Waals surface area (Å²) in [6.07, 6.45) is 14.4. The summed E-state index contributed by atoms with van der Waals surface area (Å²) in [5.41, 5.74) is 0. The monoisotopic (exact) mass is 327 g/mol. The minimum absolute atomic E-state index is 0. The normalized spacial score (nSPS) is 10.6. The fraction of sp³-hybridized carbons (Fsp3) is 1.00. The Morgan fingerprint density at radius 2 is 0.810 bits per heavy atom. The summed E-state index contributed by atoms with van der Waals surface area (Å²) in [5.74, 6) is 0. The SMILES string of the molecule is CCCCCCCCCCCC.CO[N+](C)(OC)OC.[Cl-]. The van der Waals surface area contributed by atoms with Gasteiger partial charge in [0.1, 0.15) is 21.3 Å². The molecule has 0 aromatic rings. The third-order valence-electron chi connectivity index (χ3n) is 3.45. The van der Waals surface area contributed by atoms with Gasteiger partial charge in [0, 0.05) is 0 Å². The molecule has 0 rings (SSSR count). The molecule has 0 amide bonds. The topological polar surface area (TPSA) is 27.7 Å². The van der Waals surface area contributed by atoms with Gasteiger partial charge in [-0.05, 0) is 0 Å². The molecule has 5 heteroatoms. The molecule has 0 atom stereocenters. The largest absolute Gasteiger partial charge is 1.00 e. The average Bonchev–Trinajstić information content (AvgIpc) is 2.50. The molecule has 0 aliphatic heterocycles. The van der Waals surface area contributed by atoms with Crippen molar-refractivity contribution in [3.63, 3.8) is 0 Å². The Morgan fingerprint density at radius 3 is 0.952 bits per heavy atom. The molecule has 0 unspecified atom stereocenters. The molecular formula is C16H38ClNO3.